The van der Waals surface area contributed by atoms with E-state index in [9.17, 15) is 18.0 Å². The van der Waals surface area contributed by atoms with Crippen LogP contribution in [-0.2, 0) is 11.3 Å². The van der Waals surface area contributed by atoms with Crippen molar-refractivity contribution in [3.8, 4) is 5.75 Å². The minimum atomic E-state index is -4.70. The third-order valence-corrected chi connectivity index (χ3v) is 4.16. The molecule has 1 amide bonds. The van der Waals surface area contributed by atoms with Gasteiger partial charge in [-0.25, -0.2) is 0 Å². The van der Waals surface area contributed by atoms with E-state index in [4.69, 9.17) is 5.73 Å². The molecule has 0 unspecified atom stereocenters. The van der Waals surface area contributed by atoms with Crippen molar-refractivity contribution in [3.63, 3.8) is 0 Å². The number of hydrogen-bond acceptors (Lipinski definition) is 3. The average Bonchev–Trinajstić information content (AvgIpc) is 2.85. The third kappa shape index (κ3) is 6.20. The van der Waals surface area contributed by atoms with Gasteiger partial charge in [0.2, 0.25) is 5.91 Å². The van der Waals surface area contributed by atoms with Crippen LogP contribution in [0.3, 0.4) is 0 Å². The number of alkyl halides is 3. The third-order valence-electron chi connectivity index (χ3n) is 4.16. The van der Waals surface area contributed by atoms with Crippen LogP contribution < -0.4 is 10.5 Å². The summed E-state index contributed by atoms with van der Waals surface area (Å²) >= 11 is 0. The first-order valence-corrected chi connectivity index (χ1v) is 7.59. The van der Waals surface area contributed by atoms with Gasteiger partial charge in [-0.1, -0.05) is 18.6 Å². The first kappa shape index (κ1) is 20.6. The van der Waals surface area contributed by atoms with E-state index >= 15 is 0 Å². The van der Waals surface area contributed by atoms with E-state index in [-0.39, 0.29) is 36.0 Å². The minimum absolute atomic E-state index is 0. The summed E-state index contributed by atoms with van der Waals surface area (Å²) in [5.74, 6) is -0.0392. The zero-order chi connectivity index (χ0) is 17.0. The van der Waals surface area contributed by atoms with Crippen molar-refractivity contribution in [2.24, 2.45) is 11.7 Å². The second kappa shape index (κ2) is 8.58. The zero-order valence-electron chi connectivity index (χ0n) is 13.4. The van der Waals surface area contributed by atoms with Crippen molar-refractivity contribution in [1.82, 2.24) is 4.90 Å². The number of halogens is 4. The molecular weight excluding hydrogens is 345 g/mol. The lowest BCUT2D eigenvalue weighted by Gasteiger charge is -2.21. The lowest BCUT2D eigenvalue weighted by molar-refractivity contribution is -0.274. The highest BCUT2D eigenvalue weighted by atomic mass is 35.5. The molecule has 24 heavy (non-hydrogen) atoms. The minimum Gasteiger partial charge on any atom is -0.406 e. The topological polar surface area (TPSA) is 55.6 Å². The molecule has 0 heterocycles. The molecule has 2 N–H and O–H groups in total. The Kier molecular flexibility index (Phi) is 7.35. The summed E-state index contributed by atoms with van der Waals surface area (Å²) in [5, 5.41) is 0. The predicted molar refractivity (Wildman–Crippen MR) is 86.8 cm³/mol. The van der Waals surface area contributed by atoms with Crippen molar-refractivity contribution < 1.29 is 22.7 Å². The maximum absolute atomic E-state index is 12.2. The monoisotopic (exact) mass is 366 g/mol. The van der Waals surface area contributed by atoms with Crippen LogP contribution in [0.1, 0.15) is 31.2 Å². The number of amides is 1. The highest BCUT2D eigenvalue weighted by Gasteiger charge is 2.31. The van der Waals surface area contributed by atoms with E-state index in [1.54, 1.807) is 11.9 Å². The Morgan fingerprint density at radius 3 is 2.42 bits per heavy atom. The Morgan fingerprint density at radius 2 is 1.92 bits per heavy atom. The lowest BCUT2D eigenvalue weighted by Crippen LogP contribution is -2.32. The molecule has 4 nitrogen and oxygen atoms in total. The molecule has 1 aliphatic carbocycles. The van der Waals surface area contributed by atoms with Gasteiger partial charge < -0.3 is 15.4 Å². The van der Waals surface area contributed by atoms with Crippen LogP contribution in [0.15, 0.2) is 24.3 Å². The summed E-state index contributed by atoms with van der Waals surface area (Å²) in [6.07, 6.45) is -1.28. The maximum Gasteiger partial charge on any atom is 0.573 e. The fraction of sp³-hybridized carbons (Fsp3) is 0.562. The summed E-state index contributed by atoms with van der Waals surface area (Å²) < 4.78 is 40.1. The molecule has 1 aromatic rings. The molecule has 136 valence electrons. The van der Waals surface area contributed by atoms with E-state index in [2.05, 4.69) is 4.74 Å². The maximum atomic E-state index is 12.2. The normalized spacial score (nSPS) is 20.4. The first-order valence-electron chi connectivity index (χ1n) is 7.59. The number of hydrogen-bond donors (Lipinski definition) is 1. The van der Waals surface area contributed by atoms with Crippen molar-refractivity contribution in [3.05, 3.63) is 29.8 Å². The molecule has 1 aromatic carbocycles. The number of carbonyl (C=O) groups excluding carboxylic acids is 1. The molecule has 0 spiro atoms. The van der Waals surface area contributed by atoms with Gasteiger partial charge in [0.1, 0.15) is 5.75 Å². The molecule has 0 saturated heterocycles. The quantitative estimate of drug-likeness (QED) is 0.868. The molecule has 0 aliphatic heterocycles. The van der Waals surface area contributed by atoms with Gasteiger partial charge in [0, 0.05) is 26.1 Å². The summed E-state index contributed by atoms with van der Waals surface area (Å²) in [4.78, 5) is 13.8. The zero-order valence-corrected chi connectivity index (χ0v) is 14.2. The van der Waals surface area contributed by atoms with Crippen molar-refractivity contribution >= 4 is 18.3 Å². The van der Waals surface area contributed by atoms with Crippen LogP contribution in [-0.4, -0.2) is 30.3 Å². The standard InChI is InChI=1S/C16H21F3N2O2.ClH/c1-21(15(22)9-12-3-2-4-14(12)20)10-11-5-7-13(8-6-11)23-16(17,18)19;/h5-8,12,14H,2-4,9-10,20H2,1H3;1H/t12-,14+;/m0./s1. The summed E-state index contributed by atoms with van der Waals surface area (Å²) in [7, 11) is 1.68. The molecular formula is C16H22ClF3N2O2. The smallest absolute Gasteiger partial charge is 0.406 e. The van der Waals surface area contributed by atoms with E-state index in [1.807, 2.05) is 0 Å². The number of nitrogens with two attached hydrogens (primary N) is 1. The molecule has 8 heteroatoms. The Labute approximate surface area is 145 Å². The Bertz CT molecular complexity index is 537. The molecule has 1 fully saturated rings. The van der Waals surface area contributed by atoms with Crippen LogP contribution in [0.2, 0.25) is 0 Å². The number of nitrogens with zero attached hydrogens (tertiary/aromatic N) is 1. The van der Waals surface area contributed by atoms with Crippen LogP contribution in [0, 0.1) is 5.92 Å². The predicted octanol–water partition coefficient (Wildman–Crippen LogP) is 3.48. The average molecular weight is 367 g/mol. The molecule has 0 bridgehead atoms. The number of benzene rings is 1. The second-order valence-electron chi connectivity index (χ2n) is 6.00. The Morgan fingerprint density at radius 1 is 1.29 bits per heavy atom. The molecule has 0 aromatic heterocycles. The van der Waals surface area contributed by atoms with E-state index < -0.39 is 6.36 Å². The molecule has 1 saturated carbocycles. The van der Waals surface area contributed by atoms with Gasteiger partial charge >= 0.3 is 6.36 Å². The fourth-order valence-electron chi connectivity index (χ4n) is 2.86. The molecule has 1 aliphatic rings. The van der Waals surface area contributed by atoms with Crippen LogP contribution in [0.5, 0.6) is 5.75 Å². The van der Waals surface area contributed by atoms with E-state index in [0.29, 0.717) is 13.0 Å². The van der Waals surface area contributed by atoms with Crippen molar-refractivity contribution in [2.45, 2.75) is 44.6 Å². The summed E-state index contributed by atoms with van der Waals surface area (Å²) in [6, 6.07) is 5.62. The van der Waals surface area contributed by atoms with Crippen molar-refractivity contribution in [1.29, 1.82) is 0 Å². The van der Waals surface area contributed by atoms with Gasteiger partial charge in [-0.15, -0.1) is 25.6 Å². The highest BCUT2D eigenvalue weighted by Crippen LogP contribution is 2.27. The number of ether oxygens (including phenoxy) is 1. The highest BCUT2D eigenvalue weighted by molar-refractivity contribution is 5.85. The Hall–Kier alpha value is -1.47. The molecule has 0 radical (unpaired) electrons. The molecule has 2 rings (SSSR count). The van der Waals surface area contributed by atoms with Crippen molar-refractivity contribution in [2.75, 3.05) is 7.05 Å². The van der Waals surface area contributed by atoms with Gasteiger partial charge in [-0.2, -0.15) is 0 Å². The van der Waals surface area contributed by atoms with Gasteiger partial charge in [0.05, 0.1) is 0 Å². The first-order chi connectivity index (χ1) is 10.7. The van der Waals surface area contributed by atoms with E-state index in [0.717, 1.165) is 24.8 Å². The lowest BCUT2D eigenvalue weighted by atomic mass is 9.99. The SMILES string of the molecule is CN(Cc1ccc(OC(F)(F)F)cc1)C(=O)C[C@@H]1CCC[C@H]1N.Cl. The number of rotatable bonds is 5. The van der Waals surface area contributed by atoms with Gasteiger partial charge in [-0.3, -0.25) is 4.79 Å². The van der Waals surface area contributed by atoms with Crippen LogP contribution in [0.4, 0.5) is 13.2 Å². The molecule has 2 atom stereocenters. The Balaban J connectivity index is 0.00000288. The van der Waals surface area contributed by atoms with Crippen LogP contribution in [0.25, 0.3) is 0 Å². The van der Waals surface area contributed by atoms with Gasteiger partial charge in [0.25, 0.3) is 0 Å². The van der Waals surface area contributed by atoms with Gasteiger partial charge in [-0.05, 0) is 36.5 Å². The summed E-state index contributed by atoms with van der Waals surface area (Å²) in [6.45, 7) is 0.340. The van der Waals surface area contributed by atoms with E-state index in [1.165, 1.54) is 24.3 Å². The fourth-order valence-corrected chi connectivity index (χ4v) is 2.86. The largest absolute Gasteiger partial charge is 0.573 e. The second-order valence-corrected chi connectivity index (χ2v) is 6.00. The number of carbonyl (C=O) groups is 1. The van der Waals surface area contributed by atoms with Gasteiger partial charge in [0.15, 0.2) is 0 Å². The van der Waals surface area contributed by atoms with Crippen LogP contribution >= 0.6 is 12.4 Å². The summed E-state index contributed by atoms with van der Waals surface area (Å²) in [5.41, 5.74) is 6.71.